The highest BCUT2D eigenvalue weighted by Gasteiger charge is 2.71. The Labute approximate surface area is 298 Å². The second-order valence-corrected chi connectivity index (χ2v) is 16.9. The summed E-state index contributed by atoms with van der Waals surface area (Å²) in [6.07, 6.45) is -3.11. The second kappa shape index (κ2) is 13.8. The molecule has 0 amide bonds. The highest BCUT2D eigenvalue weighted by atomic mass is 16.7. The topological polar surface area (TPSA) is 211 Å². The number of aliphatic hydroxyl groups excluding tert-OH is 5. The van der Waals surface area contributed by atoms with Crippen molar-refractivity contribution in [2.24, 2.45) is 34.5 Å². The molecule has 0 bridgehead atoms. The summed E-state index contributed by atoms with van der Waals surface area (Å²) in [4.78, 5) is 24.3. The van der Waals surface area contributed by atoms with Crippen LogP contribution in [-0.4, -0.2) is 129 Å². The summed E-state index contributed by atoms with van der Waals surface area (Å²) < 4.78 is 35.1. The molecular formula is C37H56O14. The van der Waals surface area contributed by atoms with E-state index in [1.807, 2.05) is 0 Å². The van der Waals surface area contributed by atoms with Gasteiger partial charge < -0.3 is 59.1 Å². The lowest BCUT2D eigenvalue weighted by atomic mass is 9.43. The van der Waals surface area contributed by atoms with Gasteiger partial charge in [0.25, 0.3) is 0 Å². The van der Waals surface area contributed by atoms with Crippen LogP contribution in [0.2, 0.25) is 0 Å². The number of carbonyl (C=O) groups excluding carboxylic acids is 2. The average molecular weight is 725 g/mol. The normalized spacial score (nSPS) is 52.6. The number of aliphatic hydroxyl groups is 6. The second-order valence-electron chi connectivity index (χ2n) is 16.9. The third-order valence-electron chi connectivity index (χ3n) is 14.3. The van der Waals surface area contributed by atoms with Gasteiger partial charge in [0.15, 0.2) is 12.6 Å². The molecule has 0 radical (unpaired) electrons. The minimum atomic E-state index is -1.59. The van der Waals surface area contributed by atoms with Crippen LogP contribution in [-0.2, 0) is 38.0 Å². The van der Waals surface area contributed by atoms with Crippen molar-refractivity contribution in [1.29, 1.82) is 0 Å². The molecule has 0 aromatic carbocycles. The molecule has 14 heteroatoms. The van der Waals surface area contributed by atoms with E-state index in [1.165, 1.54) is 13.0 Å². The number of carbonyl (C=O) groups is 2. The van der Waals surface area contributed by atoms with E-state index in [2.05, 4.69) is 13.8 Å². The number of ether oxygens (including phenoxy) is 6. The van der Waals surface area contributed by atoms with Gasteiger partial charge in [0.1, 0.15) is 43.2 Å². The largest absolute Gasteiger partial charge is 0.462 e. The van der Waals surface area contributed by atoms with Crippen molar-refractivity contribution in [2.75, 3.05) is 13.2 Å². The predicted octanol–water partition coefficient (Wildman–Crippen LogP) is 0.851. The molecule has 3 heterocycles. The maximum atomic E-state index is 12.8. The highest BCUT2D eigenvalue weighted by molar-refractivity contribution is 5.85. The van der Waals surface area contributed by atoms with E-state index in [1.54, 1.807) is 6.92 Å². The van der Waals surface area contributed by atoms with Gasteiger partial charge in [0.05, 0.1) is 30.5 Å². The molecule has 51 heavy (non-hydrogen) atoms. The predicted molar refractivity (Wildman–Crippen MR) is 175 cm³/mol. The molecule has 4 aliphatic carbocycles. The molecule has 2 saturated heterocycles. The summed E-state index contributed by atoms with van der Waals surface area (Å²) >= 11 is 0. The molecule has 7 rings (SSSR count). The van der Waals surface area contributed by atoms with E-state index >= 15 is 0 Å². The van der Waals surface area contributed by atoms with Crippen LogP contribution < -0.4 is 0 Å². The number of fused-ring (bicyclic) bond motifs is 5. The summed E-state index contributed by atoms with van der Waals surface area (Å²) in [5, 5.41) is 64.0. The molecule has 14 nitrogen and oxygen atoms in total. The SMILES string of the molecule is CC(=O)O[C@H]1C[C@]2(O)[C@@H]3CC[C@@H]4C[C@@H](O[C@H]5C[C@H](O)[C@H](O[C@@H]6O[C@H](CO)[C@@H](O)[C@H](O)[C@H]6O)[C@@H](C)O5)CC[C@]4(C)[C@H]3CC[C@]2(C)[C@H]1C1=CC(=O)OC1. The summed E-state index contributed by atoms with van der Waals surface area (Å²) in [5.41, 5.74) is -0.856. The Balaban J connectivity index is 0.989. The van der Waals surface area contributed by atoms with Gasteiger partial charge in [-0.15, -0.1) is 0 Å². The minimum absolute atomic E-state index is 0.0227. The van der Waals surface area contributed by atoms with E-state index < -0.39 is 91.0 Å². The summed E-state index contributed by atoms with van der Waals surface area (Å²) in [6, 6.07) is 0. The Morgan fingerprint density at radius 2 is 1.73 bits per heavy atom. The zero-order valence-electron chi connectivity index (χ0n) is 30.0. The molecule has 4 saturated carbocycles. The highest BCUT2D eigenvalue weighted by Crippen LogP contribution is 2.70. The Hall–Kier alpha value is -1.72. The van der Waals surface area contributed by atoms with Gasteiger partial charge in [-0.2, -0.15) is 0 Å². The molecule has 18 atom stereocenters. The Bertz CT molecular complexity index is 1340. The first kappa shape index (κ1) is 37.6. The van der Waals surface area contributed by atoms with E-state index in [0.717, 1.165) is 50.5 Å². The number of hydrogen-bond acceptors (Lipinski definition) is 14. The number of rotatable bonds is 7. The van der Waals surface area contributed by atoms with Gasteiger partial charge in [0, 0.05) is 37.2 Å². The first-order valence-electron chi connectivity index (χ1n) is 18.8. The molecule has 6 fully saturated rings. The van der Waals surface area contributed by atoms with Crippen LogP contribution in [0.3, 0.4) is 0 Å². The van der Waals surface area contributed by atoms with E-state index in [-0.39, 0.29) is 42.3 Å². The average Bonchev–Trinajstić information content (AvgIpc) is 3.58. The van der Waals surface area contributed by atoms with Crippen LogP contribution in [0.5, 0.6) is 0 Å². The van der Waals surface area contributed by atoms with Gasteiger partial charge in [-0.05, 0) is 80.6 Å². The van der Waals surface area contributed by atoms with Crippen LogP contribution >= 0.6 is 0 Å². The zero-order valence-corrected chi connectivity index (χ0v) is 30.0. The molecule has 0 aromatic rings. The summed E-state index contributed by atoms with van der Waals surface area (Å²) in [5.74, 6) is -0.416. The molecule has 288 valence electrons. The van der Waals surface area contributed by atoms with Crippen LogP contribution in [0.4, 0.5) is 0 Å². The van der Waals surface area contributed by atoms with Crippen LogP contribution in [0, 0.1) is 34.5 Å². The van der Waals surface area contributed by atoms with Crippen LogP contribution in [0.15, 0.2) is 11.6 Å². The molecule has 0 aromatic heterocycles. The third-order valence-corrected chi connectivity index (χ3v) is 14.3. The minimum Gasteiger partial charge on any atom is -0.462 e. The number of cyclic esters (lactones) is 1. The Morgan fingerprint density at radius 1 is 0.961 bits per heavy atom. The smallest absolute Gasteiger partial charge is 0.331 e. The standard InChI is InChI=1S/C37H56O14/c1-17-33(51-34-32(44)31(43)30(42)26(15-38)50-34)24(40)13-28(47-17)49-21-7-9-35(3)20(12-21)5-6-23-22(35)8-10-36(4)29(19-11-27(41)46-16-19)25(48-18(2)39)14-37(23,36)45/h11,17,20-26,28-34,38,40,42-45H,5-10,12-16H2,1-4H3/t17-,20-,21+,22+,23-,24+,25+,26-,28+,29+,30-,31+,32-,33-,34+,35+,36-,37+/m1/s1. The lowest BCUT2D eigenvalue weighted by Gasteiger charge is -2.63. The number of hydrogen-bond donors (Lipinski definition) is 6. The van der Waals surface area contributed by atoms with Gasteiger partial charge >= 0.3 is 11.9 Å². The molecule has 3 aliphatic heterocycles. The molecule has 7 aliphatic rings. The van der Waals surface area contributed by atoms with Crippen molar-refractivity contribution in [2.45, 2.75) is 159 Å². The monoisotopic (exact) mass is 724 g/mol. The first-order valence-corrected chi connectivity index (χ1v) is 18.8. The van der Waals surface area contributed by atoms with Crippen molar-refractivity contribution in [3.63, 3.8) is 0 Å². The zero-order chi connectivity index (χ0) is 36.6. The Kier molecular flexibility index (Phi) is 10.2. The maximum absolute atomic E-state index is 12.8. The fourth-order valence-electron chi connectivity index (χ4n) is 11.7. The van der Waals surface area contributed by atoms with E-state index in [9.17, 15) is 40.2 Å². The molecule has 6 N–H and O–H groups in total. The van der Waals surface area contributed by atoms with E-state index in [4.69, 9.17) is 28.4 Å². The van der Waals surface area contributed by atoms with Gasteiger partial charge in [-0.25, -0.2) is 4.79 Å². The summed E-state index contributed by atoms with van der Waals surface area (Å²) in [7, 11) is 0. The van der Waals surface area contributed by atoms with E-state index in [0.29, 0.717) is 12.3 Å². The van der Waals surface area contributed by atoms with Crippen molar-refractivity contribution < 1.29 is 68.6 Å². The lowest BCUT2D eigenvalue weighted by Crippen LogP contribution is -2.62. The maximum Gasteiger partial charge on any atom is 0.331 e. The van der Waals surface area contributed by atoms with Crippen molar-refractivity contribution in [3.05, 3.63) is 11.6 Å². The Morgan fingerprint density at radius 3 is 2.39 bits per heavy atom. The summed E-state index contributed by atoms with van der Waals surface area (Å²) in [6.45, 7) is 7.16. The quantitative estimate of drug-likeness (QED) is 0.159. The van der Waals surface area contributed by atoms with Crippen LogP contribution in [0.1, 0.15) is 85.5 Å². The molecule has 0 spiro atoms. The van der Waals surface area contributed by atoms with Gasteiger partial charge in [-0.1, -0.05) is 13.8 Å². The first-order chi connectivity index (χ1) is 24.1. The lowest BCUT2D eigenvalue weighted by molar-refractivity contribution is -0.344. The van der Waals surface area contributed by atoms with Crippen molar-refractivity contribution in [1.82, 2.24) is 0 Å². The van der Waals surface area contributed by atoms with Gasteiger partial charge in [0.2, 0.25) is 0 Å². The third kappa shape index (κ3) is 6.28. The van der Waals surface area contributed by atoms with Gasteiger partial charge in [-0.3, -0.25) is 4.79 Å². The molecule has 0 unspecified atom stereocenters. The van der Waals surface area contributed by atoms with Crippen molar-refractivity contribution in [3.8, 4) is 0 Å². The number of esters is 2. The fourth-order valence-corrected chi connectivity index (χ4v) is 11.7. The van der Waals surface area contributed by atoms with Crippen LogP contribution in [0.25, 0.3) is 0 Å². The fraction of sp³-hybridized carbons (Fsp3) is 0.892. The molecular weight excluding hydrogens is 668 g/mol. The van der Waals surface area contributed by atoms with Crippen molar-refractivity contribution >= 4 is 11.9 Å².